The van der Waals surface area contributed by atoms with Gasteiger partial charge in [-0.25, -0.2) is 8.42 Å². The highest BCUT2D eigenvalue weighted by molar-refractivity contribution is 7.93. The molecule has 19 heavy (non-hydrogen) atoms. The summed E-state index contributed by atoms with van der Waals surface area (Å²) in [4.78, 5) is 21.8. The molecule has 1 fully saturated rings. The maximum absolute atomic E-state index is 11.8. The van der Waals surface area contributed by atoms with E-state index in [1.807, 2.05) is 0 Å². The van der Waals surface area contributed by atoms with Gasteiger partial charge in [0, 0.05) is 12.2 Å². The van der Waals surface area contributed by atoms with Gasteiger partial charge in [-0.2, -0.15) is 0 Å². The summed E-state index contributed by atoms with van der Waals surface area (Å²) in [5.41, 5.74) is 5.61. The summed E-state index contributed by atoms with van der Waals surface area (Å²) in [5, 5.41) is 2.30. The van der Waals surface area contributed by atoms with E-state index in [-0.39, 0.29) is 5.75 Å². The van der Waals surface area contributed by atoms with Crippen LogP contribution in [0.15, 0.2) is 24.3 Å². The molecule has 0 spiro atoms. The van der Waals surface area contributed by atoms with Gasteiger partial charge in [-0.1, -0.05) is 6.07 Å². The summed E-state index contributed by atoms with van der Waals surface area (Å²) >= 11 is 0. The van der Waals surface area contributed by atoms with Crippen molar-refractivity contribution in [3.8, 4) is 0 Å². The standard InChI is InChI=1S/C11H13N3O4S/c12-10(15)11(16)13-8-3-1-4-9(7-8)14-5-2-6-19(14,17)18/h1,3-4,7H,2,5-6H2,(H2,12,15)(H,13,16). The topological polar surface area (TPSA) is 110 Å². The lowest BCUT2D eigenvalue weighted by Gasteiger charge is -2.17. The molecule has 1 aliphatic heterocycles. The highest BCUT2D eigenvalue weighted by Gasteiger charge is 2.28. The van der Waals surface area contributed by atoms with Crippen molar-refractivity contribution in [2.45, 2.75) is 6.42 Å². The van der Waals surface area contributed by atoms with Gasteiger partial charge in [-0.05, 0) is 24.6 Å². The predicted molar refractivity (Wildman–Crippen MR) is 70.0 cm³/mol. The van der Waals surface area contributed by atoms with Gasteiger partial charge in [0.15, 0.2) is 0 Å². The van der Waals surface area contributed by atoms with Crippen molar-refractivity contribution in [2.75, 3.05) is 21.9 Å². The third-order valence-corrected chi connectivity index (χ3v) is 4.58. The molecule has 0 aromatic heterocycles. The summed E-state index contributed by atoms with van der Waals surface area (Å²) in [6.45, 7) is 0.412. The van der Waals surface area contributed by atoms with Crippen LogP contribution in [0.5, 0.6) is 0 Å². The maximum atomic E-state index is 11.8. The first kappa shape index (κ1) is 13.3. The van der Waals surface area contributed by atoms with Gasteiger partial charge >= 0.3 is 11.8 Å². The second-order valence-corrected chi connectivity index (χ2v) is 6.12. The second-order valence-electron chi connectivity index (χ2n) is 4.11. The number of nitrogens with two attached hydrogens (primary N) is 1. The second kappa shape index (κ2) is 4.88. The zero-order valence-corrected chi connectivity index (χ0v) is 10.8. The van der Waals surface area contributed by atoms with Crippen LogP contribution in [0.1, 0.15) is 6.42 Å². The molecule has 0 unspecified atom stereocenters. The number of carbonyl (C=O) groups excluding carboxylic acids is 2. The normalized spacial score (nSPS) is 17.2. The minimum atomic E-state index is -3.27. The third-order valence-electron chi connectivity index (χ3n) is 2.72. The Labute approximate surface area is 110 Å². The average molecular weight is 283 g/mol. The molecule has 1 aliphatic rings. The van der Waals surface area contributed by atoms with Crippen LogP contribution >= 0.6 is 0 Å². The molecule has 2 amide bonds. The summed E-state index contributed by atoms with van der Waals surface area (Å²) in [6, 6.07) is 6.26. The summed E-state index contributed by atoms with van der Waals surface area (Å²) in [7, 11) is -3.27. The zero-order chi connectivity index (χ0) is 14.0. The fraction of sp³-hybridized carbons (Fsp3) is 0.273. The van der Waals surface area contributed by atoms with Gasteiger partial charge in [-0.3, -0.25) is 13.9 Å². The van der Waals surface area contributed by atoms with Gasteiger partial charge in [0.2, 0.25) is 10.0 Å². The fourth-order valence-electron chi connectivity index (χ4n) is 1.86. The van der Waals surface area contributed by atoms with Crippen LogP contribution in [0.4, 0.5) is 11.4 Å². The van der Waals surface area contributed by atoms with E-state index < -0.39 is 21.8 Å². The lowest BCUT2D eigenvalue weighted by molar-refractivity contribution is -0.134. The van der Waals surface area contributed by atoms with E-state index in [9.17, 15) is 18.0 Å². The number of primary amides is 1. The molecule has 0 bridgehead atoms. The van der Waals surface area contributed by atoms with Crippen molar-refractivity contribution >= 4 is 33.2 Å². The molecule has 8 heteroatoms. The van der Waals surface area contributed by atoms with Crippen LogP contribution < -0.4 is 15.4 Å². The first-order valence-electron chi connectivity index (χ1n) is 5.61. The zero-order valence-electron chi connectivity index (χ0n) is 10.00. The number of hydrogen-bond acceptors (Lipinski definition) is 4. The number of amides is 2. The first-order valence-corrected chi connectivity index (χ1v) is 7.22. The molecule has 2 rings (SSSR count). The van der Waals surface area contributed by atoms with E-state index in [0.717, 1.165) is 0 Å². The Kier molecular flexibility index (Phi) is 3.43. The molecule has 0 atom stereocenters. The minimum absolute atomic E-state index is 0.116. The van der Waals surface area contributed by atoms with Gasteiger partial charge in [-0.15, -0.1) is 0 Å². The summed E-state index contributed by atoms with van der Waals surface area (Å²) in [6.07, 6.45) is 0.570. The predicted octanol–water partition coefficient (Wildman–Crippen LogP) is -0.350. The summed E-state index contributed by atoms with van der Waals surface area (Å²) < 4.78 is 24.8. The highest BCUT2D eigenvalue weighted by Crippen LogP contribution is 2.26. The third kappa shape index (κ3) is 2.84. The molecule has 1 saturated heterocycles. The van der Waals surface area contributed by atoms with Gasteiger partial charge in [0.25, 0.3) is 0 Å². The van der Waals surface area contributed by atoms with E-state index in [1.165, 1.54) is 10.4 Å². The Balaban J connectivity index is 2.25. The molecule has 3 N–H and O–H groups in total. The van der Waals surface area contributed by atoms with Crippen molar-refractivity contribution in [3.63, 3.8) is 0 Å². The van der Waals surface area contributed by atoms with Crippen molar-refractivity contribution in [2.24, 2.45) is 5.73 Å². The molecule has 102 valence electrons. The molecular formula is C11H13N3O4S. The van der Waals surface area contributed by atoms with Crippen molar-refractivity contribution in [3.05, 3.63) is 24.3 Å². The molecule has 0 aliphatic carbocycles. The Hall–Kier alpha value is -2.09. The minimum Gasteiger partial charge on any atom is -0.361 e. The number of rotatable bonds is 2. The molecule has 1 aromatic rings. The van der Waals surface area contributed by atoms with Crippen LogP contribution in [0.3, 0.4) is 0 Å². The van der Waals surface area contributed by atoms with Crippen LogP contribution in [0.25, 0.3) is 0 Å². The van der Waals surface area contributed by atoms with Crippen molar-refractivity contribution in [1.29, 1.82) is 0 Å². The van der Waals surface area contributed by atoms with Gasteiger partial charge in [0.05, 0.1) is 11.4 Å². The van der Waals surface area contributed by atoms with Crippen LogP contribution in [0, 0.1) is 0 Å². The van der Waals surface area contributed by atoms with E-state index in [2.05, 4.69) is 5.32 Å². The Morgan fingerprint density at radius 3 is 2.63 bits per heavy atom. The van der Waals surface area contributed by atoms with Crippen molar-refractivity contribution in [1.82, 2.24) is 0 Å². The van der Waals surface area contributed by atoms with E-state index in [0.29, 0.717) is 24.3 Å². The molecular weight excluding hydrogens is 270 g/mol. The Bertz CT molecular complexity index is 627. The number of nitrogens with zero attached hydrogens (tertiary/aromatic N) is 1. The number of hydrogen-bond donors (Lipinski definition) is 2. The molecule has 0 saturated carbocycles. The Morgan fingerprint density at radius 2 is 2.05 bits per heavy atom. The summed E-state index contributed by atoms with van der Waals surface area (Å²) in [5.74, 6) is -1.93. The molecule has 0 radical (unpaired) electrons. The first-order chi connectivity index (χ1) is 8.90. The highest BCUT2D eigenvalue weighted by atomic mass is 32.2. The van der Waals surface area contributed by atoms with E-state index in [1.54, 1.807) is 18.2 Å². The monoisotopic (exact) mass is 283 g/mol. The van der Waals surface area contributed by atoms with Gasteiger partial charge in [0.1, 0.15) is 0 Å². The Morgan fingerprint density at radius 1 is 1.32 bits per heavy atom. The van der Waals surface area contributed by atoms with E-state index in [4.69, 9.17) is 5.73 Å². The number of nitrogens with one attached hydrogen (secondary N) is 1. The number of anilines is 2. The van der Waals surface area contributed by atoms with Crippen LogP contribution in [-0.2, 0) is 19.6 Å². The van der Waals surface area contributed by atoms with Crippen molar-refractivity contribution < 1.29 is 18.0 Å². The smallest absolute Gasteiger partial charge is 0.313 e. The average Bonchev–Trinajstić information content (AvgIpc) is 2.69. The molecule has 1 aromatic carbocycles. The van der Waals surface area contributed by atoms with Crippen LogP contribution in [-0.4, -0.2) is 32.5 Å². The largest absolute Gasteiger partial charge is 0.361 e. The lowest BCUT2D eigenvalue weighted by Crippen LogP contribution is -2.29. The van der Waals surface area contributed by atoms with Gasteiger partial charge < -0.3 is 11.1 Å². The number of benzene rings is 1. The van der Waals surface area contributed by atoms with E-state index >= 15 is 0 Å². The fourth-order valence-corrected chi connectivity index (χ4v) is 3.42. The van der Waals surface area contributed by atoms with Crippen LogP contribution in [0.2, 0.25) is 0 Å². The quantitative estimate of drug-likeness (QED) is 0.723. The molecule has 1 heterocycles. The lowest BCUT2D eigenvalue weighted by atomic mass is 10.2. The SMILES string of the molecule is NC(=O)C(=O)Nc1cccc(N2CCCS2(=O)=O)c1. The number of carbonyl (C=O) groups is 2. The maximum Gasteiger partial charge on any atom is 0.313 e. The molecule has 7 nitrogen and oxygen atoms in total. The number of sulfonamides is 1.